The van der Waals surface area contributed by atoms with E-state index in [0.29, 0.717) is 11.1 Å². The van der Waals surface area contributed by atoms with Gasteiger partial charge in [-0.25, -0.2) is 0 Å². The van der Waals surface area contributed by atoms with Gasteiger partial charge in [-0.05, 0) is 30.7 Å². The number of carbonyl (C=O) groups is 2. The lowest BCUT2D eigenvalue weighted by Crippen LogP contribution is -2.23. The van der Waals surface area contributed by atoms with E-state index in [4.69, 9.17) is 0 Å². The highest BCUT2D eigenvalue weighted by Gasteiger charge is 2.28. The van der Waals surface area contributed by atoms with Gasteiger partial charge in [0.25, 0.3) is 5.91 Å². The van der Waals surface area contributed by atoms with Crippen molar-refractivity contribution in [2.45, 2.75) is 19.6 Å². The zero-order chi connectivity index (χ0) is 17.7. The SMILES string of the molecule is CC(=O)c1c[nH]c(C(=O)NCc2ccc(OCC(F)(F)F)cc2)c1. The number of rotatable bonds is 6. The molecule has 0 bridgehead atoms. The third-order valence-corrected chi connectivity index (χ3v) is 3.11. The van der Waals surface area contributed by atoms with E-state index < -0.39 is 12.8 Å². The summed E-state index contributed by atoms with van der Waals surface area (Å²) < 4.78 is 40.7. The Morgan fingerprint density at radius 2 is 1.88 bits per heavy atom. The van der Waals surface area contributed by atoms with Crippen LogP contribution in [0.3, 0.4) is 0 Å². The van der Waals surface area contributed by atoms with Crippen LogP contribution in [0.25, 0.3) is 0 Å². The van der Waals surface area contributed by atoms with E-state index in [0.717, 1.165) is 0 Å². The number of carbonyl (C=O) groups excluding carboxylic acids is 2. The Morgan fingerprint density at radius 3 is 2.42 bits per heavy atom. The fraction of sp³-hybridized carbons (Fsp3) is 0.250. The maximum Gasteiger partial charge on any atom is 0.422 e. The normalized spacial score (nSPS) is 11.2. The molecule has 0 atom stereocenters. The van der Waals surface area contributed by atoms with Crippen molar-refractivity contribution in [3.63, 3.8) is 0 Å². The highest BCUT2D eigenvalue weighted by Crippen LogP contribution is 2.18. The predicted molar refractivity (Wildman–Crippen MR) is 80.0 cm³/mol. The smallest absolute Gasteiger partial charge is 0.422 e. The monoisotopic (exact) mass is 340 g/mol. The van der Waals surface area contributed by atoms with Crippen LogP contribution < -0.4 is 10.1 Å². The number of ether oxygens (including phenoxy) is 1. The standard InChI is InChI=1S/C16H15F3N2O3/c1-10(22)12-6-14(20-8-12)15(23)21-7-11-2-4-13(5-3-11)24-9-16(17,18)19/h2-6,8,20H,7,9H2,1H3,(H,21,23). The van der Waals surface area contributed by atoms with Gasteiger partial charge in [-0.3, -0.25) is 9.59 Å². The van der Waals surface area contributed by atoms with Crippen LogP contribution in [0.15, 0.2) is 36.5 Å². The molecule has 2 rings (SSSR count). The van der Waals surface area contributed by atoms with Gasteiger partial charge in [-0.2, -0.15) is 13.2 Å². The first kappa shape index (κ1) is 17.6. The second kappa shape index (κ2) is 7.20. The fourth-order valence-electron chi connectivity index (χ4n) is 1.87. The van der Waals surface area contributed by atoms with Gasteiger partial charge in [-0.1, -0.05) is 12.1 Å². The number of hydrogen-bond donors (Lipinski definition) is 2. The maximum atomic E-state index is 12.0. The Bertz CT molecular complexity index is 721. The molecular weight excluding hydrogens is 325 g/mol. The van der Waals surface area contributed by atoms with Crippen LogP contribution in [-0.2, 0) is 6.54 Å². The van der Waals surface area contributed by atoms with Crippen molar-refractivity contribution < 1.29 is 27.5 Å². The summed E-state index contributed by atoms with van der Waals surface area (Å²) in [5.41, 5.74) is 1.36. The molecule has 2 aromatic rings. The third-order valence-electron chi connectivity index (χ3n) is 3.11. The maximum absolute atomic E-state index is 12.0. The van der Waals surface area contributed by atoms with Gasteiger partial charge < -0.3 is 15.0 Å². The molecule has 128 valence electrons. The molecule has 0 saturated heterocycles. The molecule has 8 heteroatoms. The number of ketones is 1. The van der Waals surface area contributed by atoms with E-state index in [9.17, 15) is 22.8 Å². The van der Waals surface area contributed by atoms with Gasteiger partial charge in [0.15, 0.2) is 12.4 Å². The van der Waals surface area contributed by atoms with E-state index in [1.165, 1.54) is 31.3 Å². The summed E-state index contributed by atoms with van der Waals surface area (Å²) >= 11 is 0. The quantitative estimate of drug-likeness (QED) is 0.794. The van der Waals surface area contributed by atoms with Crippen LogP contribution in [0.2, 0.25) is 0 Å². The number of alkyl halides is 3. The largest absolute Gasteiger partial charge is 0.484 e. The Kier molecular flexibility index (Phi) is 5.28. The summed E-state index contributed by atoms with van der Waals surface area (Å²) in [6.45, 7) is 0.231. The van der Waals surface area contributed by atoms with Gasteiger partial charge in [0.2, 0.25) is 0 Å². The summed E-state index contributed by atoms with van der Waals surface area (Å²) in [6.07, 6.45) is -2.94. The summed E-state index contributed by atoms with van der Waals surface area (Å²) in [6, 6.07) is 7.36. The predicted octanol–water partition coefficient (Wildman–Crippen LogP) is 3.09. The van der Waals surface area contributed by atoms with Crippen LogP contribution in [0.5, 0.6) is 5.75 Å². The number of nitrogens with one attached hydrogen (secondary N) is 2. The van der Waals surface area contributed by atoms with E-state index in [1.807, 2.05) is 0 Å². The first-order chi connectivity index (χ1) is 11.2. The Labute approximate surface area is 135 Å². The van der Waals surface area contributed by atoms with Crippen molar-refractivity contribution in [1.82, 2.24) is 10.3 Å². The minimum atomic E-state index is -4.39. The fourth-order valence-corrected chi connectivity index (χ4v) is 1.87. The van der Waals surface area contributed by atoms with Crippen LogP contribution in [0.4, 0.5) is 13.2 Å². The van der Waals surface area contributed by atoms with Crippen molar-refractivity contribution in [3.05, 3.63) is 53.3 Å². The second-order valence-corrected chi connectivity index (χ2v) is 5.09. The number of amides is 1. The van der Waals surface area contributed by atoms with Crippen LogP contribution in [-0.4, -0.2) is 29.5 Å². The zero-order valence-corrected chi connectivity index (χ0v) is 12.7. The molecule has 0 spiro atoms. The van der Waals surface area contributed by atoms with Crippen LogP contribution >= 0.6 is 0 Å². The van der Waals surface area contributed by atoms with Crippen molar-refractivity contribution in [2.75, 3.05) is 6.61 Å². The van der Waals surface area contributed by atoms with Gasteiger partial charge in [0, 0.05) is 18.3 Å². The number of benzene rings is 1. The molecule has 24 heavy (non-hydrogen) atoms. The minimum absolute atomic E-state index is 0.0952. The molecule has 0 fully saturated rings. The average molecular weight is 340 g/mol. The number of aromatic amines is 1. The molecule has 0 unspecified atom stereocenters. The van der Waals surface area contributed by atoms with Crippen molar-refractivity contribution >= 4 is 11.7 Å². The molecule has 1 aromatic carbocycles. The van der Waals surface area contributed by atoms with Crippen molar-refractivity contribution in [1.29, 1.82) is 0 Å². The van der Waals surface area contributed by atoms with E-state index >= 15 is 0 Å². The minimum Gasteiger partial charge on any atom is -0.484 e. The lowest BCUT2D eigenvalue weighted by molar-refractivity contribution is -0.153. The summed E-state index contributed by atoms with van der Waals surface area (Å²) in [4.78, 5) is 25.8. The topological polar surface area (TPSA) is 71.2 Å². The number of Topliss-reactive ketones (excluding diaryl/α,β-unsaturated/α-hetero) is 1. The molecule has 0 aliphatic heterocycles. The first-order valence-electron chi connectivity index (χ1n) is 7.00. The van der Waals surface area contributed by atoms with Gasteiger partial charge in [0.05, 0.1) is 0 Å². The molecule has 1 amide bonds. The highest BCUT2D eigenvalue weighted by atomic mass is 19.4. The molecule has 0 aliphatic carbocycles. The lowest BCUT2D eigenvalue weighted by Gasteiger charge is -2.10. The molecule has 0 saturated carbocycles. The summed E-state index contributed by atoms with van der Waals surface area (Å²) in [7, 11) is 0. The summed E-state index contributed by atoms with van der Waals surface area (Å²) in [5.74, 6) is -0.447. The molecule has 0 radical (unpaired) electrons. The zero-order valence-electron chi connectivity index (χ0n) is 12.7. The number of H-pyrrole nitrogens is 1. The second-order valence-electron chi connectivity index (χ2n) is 5.09. The first-order valence-corrected chi connectivity index (χ1v) is 7.00. The van der Waals surface area contributed by atoms with Crippen LogP contribution in [0, 0.1) is 0 Å². The Balaban J connectivity index is 1.87. The summed E-state index contributed by atoms with van der Waals surface area (Å²) in [5, 5.41) is 2.64. The number of aromatic nitrogens is 1. The number of hydrogen-bond acceptors (Lipinski definition) is 3. The molecule has 5 nitrogen and oxygen atoms in total. The lowest BCUT2D eigenvalue weighted by atomic mass is 10.2. The number of halogens is 3. The molecular formula is C16H15F3N2O3. The molecule has 2 N–H and O–H groups in total. The van der Waals surface area contributed by atoms with E-state index in [2.05, 4.69) is 15.0 Å². The van der Waals surface area contributed by atoms with Gasteiger partial charge in [-0.15, -0.1) is 0 Å². The Morgan fingerprint density at radius 1 is 1.21 bits per heavy atom. The molecule has 1 heterocycles. The van der Waals surface area contributed by atoms with Crippen molar-refractivity contribution in [3.8, 4) is 5.75 Å². The Hall–Kier alpha value is -2.77. The van der Waals surface area contributed by atoms with Crippen molar-refractivity contribution in [2.24, 2.45) is 0 Å². The molecule has 1 aromatic heterocycles. The van der Waals surface area contributed by atoms with E-state index in [1.54, 1.807) is 12.1 Å². The average Bonchev–Trinajstić information content (AvgIpc) is 3.01. The van der Waals surface area contributed by atoms with E-state index in [-0.39, 0.29) is 29.7 Å². The van der Waals surface area contributed by atoms with Gasteiger partial charge >= 0.3 is 6.18 Å². The third kappa shape index (κ3) is 5.15. The molecule has 0 aliphatic rings. The van der Waals surface area contributed by atoms with Crippen LogP contribution in [0.1, 0.15) is 33.3 Å². The highest BCUT2D eigenvalue weighted by molar-refractivity contribution is 5.99. The van der Waals surface area contributed by atoms with Gasteiger partial charge in [0.1, 0.15) is 11.4 Å².